The van der Waals surface area contributed by atoms with Crippen LogP contribution in [0.5, 0.6) is 0 Å². The van der Waals surface area contributed by atoms with Crippen molar-refractivity contribution >= 4 is 17.7 Å². The van der Waals surface area contributed by atoms with Crippen LogP contribution in [0.3, 0.4) is 0 Å². The van der Waals surface area contributed by atoms with Crippen LogP contribution in [0.4, 0.5) is 5.82 Å². The van der Waals surface area contributed by atoms with Crippen molar-refractivity contribution in [3.63, 3.8) is 0 Å². The quantitative estimate of drug-likeness (QED) is 0.658. The van der Waals surface area contributed by atoms with E-state index >= 15 is 0 Å². The number of aromatic nitrogens is 2. The van der Waals surface area contributed by atoms with Crippen LogP contribution in [0.2, 0.25) is 0 Å². The molecule has 0 bridgehead atoms. The predicted molar refractivity (Wildman–Crippen MR) is 61.7 cm³/mol. The molecule has 1 aromatic heterocycles. The third-order valence-corrected chi connectivity index (χ3v) is 2.28. The SMILES string of the molecule is CC(=O)NC(CNc1cc(C)n(C)n1)C(=O)O. The highest BCUT2D eigenvalue weighted by atomic mass is 16.4. The van der Waals surface area contributed by atoms with E-state index in [-0.39, 0.29) is 12.5 Å². The number of aryl methyl sites for hydroxylation is 2. The van der Waals surface area contributed by atoms with Gasteiger partial charge < -0.3 is 15.7 Å². The summed E-state index contributed by atoms with van der Waals surface area (Å²) in [5, 5.41) is 18.2. The van der Waals surface area contributed by atoms with Gasteiger partial charge in [0, 0.05) is 32.3 Å². The molecule has 0 aliphatic carbocycles. The van der Waals surface area contributed by atoms with E-state index in [1.807, 2.05) is 6.92 Å². The van der Waals surface area contributed by atoms with Crippen LogP contribution in [0.25, 0.3) is 0 Å². The van der Waals surface area contributed by atoms with Gasteiger partial charge >= 0.3 is 5.97 Å². The summed E-state index contributed by atoms with van der Waals surface area (Å²) >= 11 is 0. The summed E-state index contributed by atoms with van der Waals surface area (Å²) in [5.74, 6) is -0.877. The molecule has 1 amide bonds. The lowest BCUT2D eigenvalue weighted by atomic mass is 10.3. The Morgan fingerprint density at radius 2 is 2.24 bits per heavy atom. The second-order valence-corrected chi connectivity index (χ2v) is 3.77. The summed E-state index contributed by atoms with van der Waals surface area (Å²) in [6, 6.07) is 0.835. The van der Waals surface area contributed by atoms with Crippen LogP contribution >= 0.6 is 0 Å². The third-order valence-electron chi connectivity index (χ3n) is 2.28. The zero-order valence-corrected chi connectivity index (χ0v) is 10.0. The van der Waals surface area contributed by atoms with Crippen LogP contribution in [0.15, 0.2) is 6.07 Å². The van der Waals surface area contributed by atoms with E-state index in [0.29, 0.717) is 5.82 Å². The van der Waals surface area contributed by atoms with E-state index in [4.69, 9.17) is 5.11 Å². The maximum absolute atomic E-state index is 10.8. The number of amides is 1. The molecule has 0 spiro atoms. The van der Waals surface area contributed by atoms with Crippen molar-refractivity contribution in [2.75, 3.05) is 11.9 Å². The molecule has 1 atom stereocenters. The van der Waals surface area contributed by atoms with Crippen molar-refractivity contribution in [1.82, 2.24) is 15.1 Å². The maximum Gasteiger partial charge on any atom is 0.328 e. The molecule has 17 heavy (non-hydrogen) atoms. The van der Waals surface area contributed by atoms with Crippen LogP contribution < -0.4 is 10.6 Å². The number of carboxylic acids is 1. The Balaban J connectivity index is 2.57. The van der Waals surface area contributed by atoms with Gasteiger partial charge in [-0.1, -0.05) is 0 Å². The molecule has 3 N–H and O–H groups in total. The minimum atomic E-state index is -1.08. The normalized spacial score (nSPS) is 11.9. The summed E-state index contributed by atoms with van der Waals surface area (Å²) in [6.45, 7) is 3.26. The van der Waals surface area contributed by atoms with E-state index in [0.717, 1.165) is 5.69 Å². The Labute approximate surface area is 98.8 Å². The highest BCUT2D eigenvalue weighted by molar-refractivity contribution is 5.82. The van der Waals surface area contributed by atoms with E-state index in [2.05, 4.69) is 15.7 Å². The molecular formula is C10H16N4O3. The fourth-order valence-corrected chi connectivity index (χ4v) is 1.30. The van der Waals surface area contributed by atoms with E-state index in [1.54, 1.807) is 17.8 Å². The molecule has 0 saturated carbocycles. The fraction of sp³-hybridized carbons (Fsp3) is 0.500. The lowest BCUT2D eigenvalue weighted by Crippen LogP contribution is -2.44. The number of carboxylic acid groups (broad SMARTS) is 1. The van der Waals surface area contributed by atoms with Crippen molar-refractivity contribution in [3.05, 3.63) is 11.8 Å². The molecule has 1 rings (SSSR count). The van der Waals surface area contributed by atoms with Crippen molar-refractivity contribution in [2.24, 2.45) is 7.05 Å². The van der Waals surface area contributed by atoms with Gasteiger partial charge in [0.2, 0.25) is 5.91 Å². The second kappa shape index (κ2) is 5.33. The fourth-order valence-electron chi connectivity index (χ4n) is 1.30. The van der Waals surface area contributed by atoms with E-state index in [1.165, 1.54) is 6.92 Å². The van der Waals surface area contributed by atoms with Gasteiger partial charge in [-0.3, -0.25) is 9.48 Å². The summed E-state index contributed by atoms with van der Waals surface area (Å²) in [7, 11) is 1.79. The monoisotopic (exact) mass is 240 g/mol. The number of rotatable bonds is 5. The summed E-state index contributed by atoms with van der Waals surface area (Å²) in [4.78, 5) is 21.7. The number of hydrogen-bond donors (Lipinski definition) is 3. The van der Waals surface area contributed by atoms with Crippen molar-refractivity contribution in [1.29, 1.82) is 0 Å². The number of carbonyl (C=O) groups excluding carboxylic acids is 1. The van der Waals surface area contributed by atoms with Gasteiger partial charge in [-0.05, 0) is 6.92 Å². The van der Waals surface area contributed by atoms with Crippen molar-refractivity contribution in [2.45, 2.75) is 19.9 Å². The number of carbonyl (C=O) groups is 2. The first-order valence-electron chi connectivity index (χ1n) is 5.14. The van der Waals surface area contributed by atoms with Crippen LogP contribution in [-0.2, 0) is 16.6 Å². The van der Waals surface area contributed by atoms with Gasteiger partial charge in [0.1, 0.15) is 11.9 Å². The Morgan fingerprint density at radius 1 is 1.59 bits per heavy atom. The Morgan fingerprint density at radius 3 is 2.65 bits per heavy atom. The topological polar surface area (TPSA) is 96.3 Å². The number of hydrogen-bond acceptors (Lipinski definition) is 4. The molecule has 0 aromatic carbocycles. The first-order valence-corrected chi connectivity index (χ1v) is 5.14. The van der Waals surface area contributed by atoms with Gasteiger partial charge in [-0.15, -0.1) is 0 Å². The average Bonchev–Trinajstić information content (AvgIpc) is 2.52. The van der Waals surface area contributed by atoms with Gasteiger partial charge in [0.05, 0.1) is 0 Å². The van der Waals surface area contributed by atoms with Crippen LogP contribution in [0.1, 0.15) is 12.6 Å². The predicted octanol–water partition coefficient (Wildman–Crippen LogP) is -0.270. The number of nitrogens with zero attached hydrogens (tertiary/aromatic N) is 2. The zero-order valence-electron chi connectivity index (χ0n) is 10.0. The largest absolute Gasteiger partial charge is 0.480 e. The Bertz CT molecular complexity index is 408. The minimum Gasteiger partial charge on any atom is -0.480 e. The highest BCUT2D eigenvalue weighted by Gasteiger charge is 2.18. The molecule has 0 radical (unpaired) electrons. The third kappa shape index (κ3) is 3.78. The molecule has 0 fully saturated rings. The summed E-state index contributed by atoms with van der Waals surface area (Å²) in [5.41, 5.74) is 0.957. The highest BCUT2D eigenvalue weighted by Crippen LogP contribution is 2.06. The number of aliphatic carboxylic acids is 1. The molecule has 7 nitrogen and oxygen atoms in total. The van der Waals surface area contributed by atoms with E-state index in [9.17, 15) is 9.59 Å². The second-order valence-electron chi connectivity index (χ2n) is 3.77. The molecule has 1 unspecified atom stereocenters. The van der Waals surface area contributed by atoms with Crippen molar-refractivity contribution in [3.8, 4) is 0 Å². The number of anilines is 1. The van der Waals surface area contributed by atoms with Gasteiger partial charge in [0.25, 0.3) is 0 Å². The smallest absolute Gasteiger partial charge is 0.328 e. The maximum atomic E-state index is 10.8. The molecule has 0 saturated heterocycles. The lowest BCUT2D eigenvalue weighted by Gasteiger charge is -2.13. The average molecular weight is 240 g/mol. The molecule has 0 aliphatic heterocycles. The Kier molecular flexibility index (Phi) is 4.08. The van der Waals surface area contributed by atoms with Gasteiger partial charge in [0.15, 0.2) is 0 Å². The Hall–Kier alpha value is -2.05. The summed E-state index contributed by atoms with van der Waals surface area (Å²) in [6.07, 6.45) is 0. The number of nitrogens with one attached hydrogen (secondary N) is 2. The van der Waals surface area contributed by atoms with Gasteiger partial charge in [-0.25, -0.2) is 4.79 Å². The van der Waals surface area contributed by atoms with Crippen LogP contribution in [0, 0.1) is 6.92 Å². The first kappa shape index (κ1) is 13.0. The molecule has 1 aromatic rings. The summed E-state index contributed by atoms with van der Waals surface area (Å²) < 4.78 is 1.68. The molecular weight excluding hydrogens is 224 g/mol. The first-order chi connectivity index (χ1) is 7.90. The minimum absolute atomic E-state index is 0.0887. The van der Waals surface area contributed by atoms with Crippen molar-refractivity contribution < 1.29 is 14.7 Å². The molecule has 1 heterocycles. The van der Waals surface area contributed by atoms with E-state index < -0.39 is 12.0 Å². The molecule has 94 valence electrons. The zero-order chi connectivity index (χ0) is 13.0. The molecule has 7 heteroatoms. The van der Waals surface area contributed by atoms with Crippen LogP contribution in [-0.4, -0.2) is 39.4 Å². The standard InChI is InChI=1S/C10H16N4O3/c1-6-4-9(13-14(6)3)11-5-8(10(16)17)12-7(2)15/h4,8H,5H2,1-3H3,(H,11,13)(H,12,15)(H,16,17). The van der Waals surface area contributed by atoms with Gasteiger partial charge in [-0.2, -0.15) is 5.10 Å². The molecule has 0 aliphatic rings. The lowest BCUT2D eigenvalue weighted by molar-refractivity contribution is -0.141.